The minimum atomic E-state index is -3.68. The fourth-order valence-corrected chi connectivity index (χ4v) is 15.0. The van der Waals surface area contributed by atoms with Crippen LogP contribution in [0.4, 0.5) is 11.4 Å². The zero-order chi connectivity index (χ0) is 51.9. The van der Waals surface area contributed by atoms with Crippen LogP contribution in [0.15, 0.2) is 89.8 Å². The van der Waals surface area contributed by atoms with Crippen molar-refractivity contribution < 1.29 is 47.3 Å². The first-order valence-electron chi connectivity index (χ1n) is 23.8. The van der Waals surface area contributed by atoms with E-state index in [0.717, 1.165) is 72.8 Å². The van der Waals surface area contributed by atoms with Gasteiger partial charge in [0, 0.05) is 74.5 Å². The summed E-state index contributed by atoms with van der Waals surface area (Å²) in [6.07, 6.45) is 13.9. The van der Waals surface area contributed by atoms with Gasteiger partial charge >= 0.3 is 0 Å². The van der Waals surface area contributed by atoms with Gasteiger partial charge in [0.15, 0.2) is 18.3 Å². The normalized spacial score (nSPS) is 19.8. The Bertz CT molecular complexity index is 2900. The summed E-state index contributed by atoms with van der Waals surface area (Å²) in [6.45, 7) is 7.73. The number of thiophene rings is 1. The molecule has 9 rings (SSSR count). The maximum absolute atomic E-state index is 14.2. The molecule has 5 aliphatic heterocycles. The summed E-state index contributed by atoms with van der Waals surface area (Å²) >= 11 is 9.57. The third-order valence-corrected chi connectivity index (χ3v) is 18.4. The van der Waals surface area contributed by atoms with Gasteiger partial charge in [0.05, 0.1) is 21.3 Å². The Morgan fingerprint density at radius 1 is 1.00 bits per heavy atom. The second-order valence-corrected chi connectivity index (χ2v) is 22.8. The number of hydrogen-bond donors (Lipinski definition) is 4. The predicted octanol–water partition coefficient (Wildman–Crippen LogP) is 7.72. The summed E-state index contributed by atoms with van der Waals surface area (Å²) in [5.41, 5.74) is 4.17. The van der Waals surface area contributed by atoms with Crippen molar-refractivity contribution in [1.82, 2.24) is 19.4 Å². The zero-order valence-electron chi connectivity index (χ0n) is 40.9. The molecule has 3 aromatic carbocycles. The van der Waals surface area contributed by atoms with Crippen LogP contribution in [0.5, 0.6) is 5.75 Å². The number of aldehydes is 2. The van der Waals surface area contributed by atoms with E-state index in [1.165, 1.54) is 16.9 Å². The number of nitrogens with one attached hydrogen (secondary N) is 2. The van der Waals surface area contributed by atoms with Gasteiger partial charge in [-0.3, -0.25) is 34.2 Å². The molecule has 3 amide bonds. The number of nitrogens with zero attached hydrogens (tertiary/aromatic N) is 4. The minimum Gasteiger partial charge on any atom is -0.483 e. The van der Waals surface area contributed by atoms with Crippen molar-refractivity contribution in [3.05, 3.63) is 111 Å². The molecule has 3 unspecified atom stereocenters. The molecule has 0 radical (unpaired) electrons. The van der Waals surface area contributed by atoms with Crippen molar-refractivity contribution in [2.45, 2.75) is 88.2 Å². The average molecular weight is 1060 g/mol. The number of imide groups is 1. The van der Waals surface area contributed by atoms with Gasteiger partial charge in [-0.2, -0.15) is 4.31 Å². The first-order chi connectivity index (χ1) is 34.7. The lowest BCUT2D eigenvalue weighted by Crippen LogP contribution is -2.55. The number of amides is 3. The maximum Gasteiger partial charge on any atom is 0.259 e. The second kappa shape index (κ2) is 23.6. The van der Waals surface area contributed by atoms with Crippen LogP contribution in [-0.4, -0.2) is 133 Å². The zero-order valence-corrected chi connectivity index (χ0v) is 44.1. The number of likely N-dealkylation sites (tertiary alicyclic amines) is 1. The Labute approximate surface area is 433 Å². The van der Waals surface area contributed by atoms with Crippen molar-refractivity contribution in [3.63, 3.8) is 0 Å². The molecule has 16 nitrogen and oxygen atoms in total. The van der Waals surface area contributed by atoms with Gasteiger partial charge in [-0.25, -0.2) is 8.42 Å². The van der Waals surface area contributed by atoms with Gasteiger partial charge in [-0.1, -0.05) is 79.2 Å². The van der Waals surface area contributed by atoms with Crippen molar-refractivity contribution in [3.8, 4) is 16.2 Å². The average Bonchev–Trinajstić information content (AvgIpc) is 4.04. The molecule has 4 N–H and O–H groups in total. The van der Waals surface area contributed by atoms with Crippen molar-refractivity contribution >= 4 is 97.7 Å². The first kappa shape index (κ1) is 54.2. The highest BCUT2D eigenvalue weighted by Gasteiger charge is 2.43. The highest BCUT2D eigenvalue weighted by molar-refractivity contribution is 8.03. The molecule has 0 bridgehead atoms. The number of ether oxygens (including phenoxy) is 1. The van der Waals surface area contributed by atoms with Crippen LogP contribution in [-0.2, 0) is 24.4 Å². The summed E-state index contributed by atoms with van der Waals surface area (Å²) < 4.78 is 35.4. The van der Waals surface area contributed by atoms with Gasteiger partial charge in [-0.05, 0) is 98.2 Å². The second-order valence-electron chi connectivity index (χ2n) is 18.3. The van der Waals surface area contributed by atoms with Crippen molar-refractivity contribution in [2.24, 2.45) is 0 Å². The third kappa shape index (κ3) is 11.0. The number of hydrogen-bond acceptors (Lipinski definition) is 15. The summed E-state index contributed by atoms with van der Waals surface area (Å²) in [7, 11) is -1.68. The Hall–Kier alpha value is -5.54. The standard InChI is InChI=1S/C50H53ClN6O8S3.2CH4O/c1-4-7-40(48(61)52-30-60)57-39-14-13-36(37-10-6-11-38(44(37)39)49(57)62)32-16-19-54(20-17-32)43-27-55-26-31(12-15-42(55)67-43)29-68(63,64)56-21-18-35(25-50(56,2)3)53-34-9-5-8-33(24-34)47-45(51)46(65-23-22-58)41(28-59)66-47;2*1-2/h5-6,8-15,22,24,26-28,30,32,35,40,42,53H,4,7,16-21,23,25,29H2,1-3H3,(H,52,60,61);2*2H,1H3. The topological polar surface area (TPSA) is 206 Å². The number of carbonyl (C=O) groups is 5. The molecule has 0 aliphatic carbocycles. The Kier molecular flexibility index (Phi) is 17.7. The lowest BCUT2D eigenvalue weighted by Gasteiger charge is -2.45. The van der Waals surface area contributed by atoms with Gasteiger partial charge in [0.2, 0.25) is 22.3 Å². The smallest absolute Gasteiger partial charge is 0.259 e. The Balaban J connectivity index is 0.00000186. The number of rotatable bonds is 17. The quantitative estimate of drug-likeness (QED) is 0.0748. The van der Waals surface area contributed by atoms with Crippen molar-refractivity contribution in [2.75, 3.05) is 56.4 Å². The number of sulfonamides is 1. The highest BCUT2D eigenvalue weighted by atomic mass is 35.5. The number of anilines is 2. The molecular formula is C52H61ClN6O10S3. The monoisotopic (exact) mass is 1060 g/mol. The molecule has 0 saturated carbocycles. The molecule has 2 saturated heterocycles. The molecule has 1 aromatic heterocycles. The number of carbonyl (C=O) groups excluding carboxylic acids is 5. The van der Waals surface area contributed by atoms with Crippen LogP contribution in [0.2, 0.25) is 5.02 Å². The predicted molar refractivity (Wildman–Crippen MR) is 285 cm³/mol. The maximum atomic E-state index is 14.2. The van der Waals surface area contributed by atoms with Crippen LogP contribution in [0.3, 0.4) is 0 Å². The Morgan fingerprint density at radius 2 is 1.75 bits per heavy atom. The van der Waals surface area contributed by atoms with E-state index in [0.29, 0.717) is 72.2 Å². The molecule has 20 heteroatoms. The third-order valence-electron chi connectivity index (χ3n) is 13.5. The summed E-state index contributed by atoms with van der Waals surface area (Å²) in [6, 6.07) is 16.8. The van der Waals surface area contributed by atoms with Crippen LogP contribution in [0, 0.1) is 0 Å². The minimum absolute atomic E-state index is 0.00193. The fourth-order valence-electron chi connectivity index (χ4n) is 10.5. The van der Waals surface area contributed by atoms with Crippen molar-refractivity contribution in [1.29, 1.82) is 0 Å². The molecule has 5 aliphatic rings. The van der Waals surface area contributed by atoms with Gasteiger partial charge < -0.3 is 30.1 Å². The molecule has 4 aromatic rings. The number of aliphatic hydroxyl groups is 2. The fraction of sp³-hybridized carbons (Fsp3) is 0.404. The number of allylic oxidation sites excluding steroid dienone is 1. The Morgan fingerprint density at radius 3 is 2.44 bits per heavy atom. The molecule has 72 heavy (non-hydrogen) atoms. The van der Waals surface area contributed by atoms with E-state index in [1.54, 1.807) is 21.0 Å². The van der Waals surface area contributed by atoms with Crippen LogP contribution < -0.4 is 20.3 Å². The lowest BCUT2D eigenvalue weighted by atomic mass is 9.85. The van der Waals surface area contributed by atoms with E-state index in [-0.39, 0.29) is 46.4 Å². The van der Waals surface area contributed by atoms with Gasteiger partial charge in [-0.15, -0.1) is 11.3 Å². The summed E-state index contributed by atoms with van der Waals surface area (Å²) in [5.74, 6) is -0.352. The number of thioether (sulfide) groups is 1. The number of fused-ring (bicyclic) bond motifs is 1. The van der Waals surface area contributed by atoms with Gasteiger partial charge in [0.25, 0.3) is 5.91 Å². The lowest BCUT2D eigenvalue weighted by molar-refractivity contribution is -0.126. The van der Waals surface area contributed by atoms with E-state index in [1.807, 2.05) is 75.5 Å². The molecule has 384 valence electrons. The molecule has 6 heterocycles. The van der Waals surface area contributed by atoms with Crippen LogP contribution in [0.1, 0.15) is 90.8 Å². The number of halogens is 1. The largest absolute Gasteiger partial charge is 0.483 e. The van der Waals surface area contributed by atoms with E-state index >= 15 is 0 Å². The van der Waals surface area contributed by atoms with Crippen LogP contribution >= 0.6 is 34.7 Å². The number of piperidine rings is 2. The molecular weight excluding hydrogens is 1000 g/mol. The SMILES string of the molecule is CCCC(C(=O)NC=O)N1C(=O)c2cccc3c(C4CCN(C5=CN6C=C(CS(=O)(=O)N7CCC(Nc8cccc(-c9sc(C=O)c(OCC=O)c9Cl)c8)CC7(C)C)C=CC6S5)CC4)ccc1c23.CO.CO. The van der Waals surface area contributed by atoms with E-state index < -0.39 is 27.5 Å². The summed E-state index contributed by atoms with van der Waals surface area (Å²) in [4.78, 5) is 67.6. The molecule has 3 atom stereocenters. The van der Waals surface area contributed by atoms with E-state index in [4.69, 9.17) is 26.6 Å². The molecule has 0 spiro atoms. The van der Waals surface area contributed by atoms with Crippen LogP contribution in [0.25, 0.3) is 21.2 Å². The van der Waals surface area contributed by atoms with E-state index in [2.05, 4.69) is 44.8 Å². The first-order valence-corrected chi connectivity index (χ1v) is 27.5. The highest BCUT2D eigenvalue weighted by Crippen LogP contribution is 2.47. The number of benzene rings is 3. The number of aliphatic hydroxyl groups excluding tert-OH is 2. The summed E-state index contributed by atoms with van der Waals surface area (Å²) in [5, 5.41) is 23.2. The molecule has 2 fully saturated rings. The van der Waals surface area contributed by atoms with Gasteiger partial charge in [0.1, 0.15) is 27.9 Å². The van der Waals surface area contributed by atoms with E-state index in [9.17, 15) is 32.4 Å².